The highest BCUT2D eigenvalue weighted by atomic mass is 19.1. The second-order valence-corrected chi connectivity index (χ2v) is 4.61. The largest absolute Gasteiger partial charge is 0.399 e. The number of hydrogen-bond donors (Lipinski definition) is 2. The minimum atomic E-state index is -0.108. The smallest absolute Gasteiger partial charge is 0.126 e. The normalized spacial score (nSPS) is 18.4. The van der Waals surface area contributed by atoms with Crippen molar-refractivity contribution in [2.45, 2.75) is 12.5 Å². The van der Waals surface area contributed by atoms with Gasteiger partial charge in [-0.25, -0.2) is 4.39 Å². The monoisotopic (exact) mass is 242 g/mol. The zero-order valence-electron chi connectivity index (χ0n) is 9.99. The standard InChI is InChI=1S/C15H15FN2/c16-14-6-2-5-13-12(14)7-8-18-15(13)10-3-1-4-11(17)9-10/h1-6,9,15,18H,7-8,17H2. The van der Waals surface area contributed by atoms with Gasteiger partial charge in [0, 0.05) is 12.2 Å². The van der Waals surface area contributed by atoms with E-state index in [0.29, 0.717) is 0 Å². The van der Waals surface area contributed by atoms with Crippen LogP contribution < -0.4 is 11.1 Å². The van der Waals surface area contributed by atoms with Crippen LogP contribution in [0.15, 0.2) is 42.5 Å². The molecule has 0 radical (unpaired) electrons. The molecule has 3 rings (SSSR count). The van der Waals surface area contributed by atoms with Gasteiger partial charge in [0.05, 0.1) is 6.04 Å². The third kappa shape index (κ3) is 1.87. The van der Waals surface area contributed by atoms with Crippen LogP contribution in [0.4, 0.5) is 10.1 Å². The first kappa shape index (κ1) is 11.2. The Morgan fingerprint density at radius 3 is 2.83 bits per heavy atom. The van der Waals surface area contributed by atoms with Crippen LogP contribution in [-0.4, -0.2) is 6.54 Å². The van der Waals surface area contributed by atoms with Crippen LogP contribution in [0.2, 0.25) is 0 Å². The van der Waals surface area contributed by atoms with E-state index < -0.39 is 0 Å². The van der Waals surface area contributed by atoms with Crippen molar-refractivity contribution >= 4 is 5.69 Å². The van der Waals surface area contributed by atoms with Crippen LogP contribution >= 0.6 is 0 Å². The molecule has 0 saturated heterocycles. The lowest BCUT2D eigenvalue weighted by molar-refractivity contribution is 0.532. The van der Waals surface area contributed by atoms with Gasteiger partial charge in [0.2, 0.25) is 0 Å². The van der Waals surface area contributed by atoms with Gasteiger partial charge in [-0.3, -0.25) is 0 Å². The van der Waals surface area contributed by atoms with Crippen molar-refractivity contribution in [3.8, 4) is 0 Å². The van der Waals surface area contributed by atoms with Crippen LogP contribution in [0, 0.1) is 5.82 Å². The summed E-state index contributed by atoms with van der Waals surface area (Å²) in [6, 6.07) is 13.1. The quantitative estimate of drug-likeness (QED) is 0.754. The van der Waals surface area contributed by atoms with Crippen molar-refractivity contribution in [2.75, 3.05) is 12.3 Å². The highest BCUT2D eigenvalue weighted by Gasteiger charge is 2.23. The number of nitrogens with one attached hydrogen (secondary N) is 1. The zero-order valence-corrected chi connectivity index (χ0v) is 9.99. The molecule has 3 N–H and O–H groups in total. The predicted octanol–water partition coefficient (Wildman–Crippen LogP) is 2.64. The third-order valence-corrected chi connectivity index (χ3v) is 3.43. The van der Waals surface area contributed by atoms with E-state index in [2.05, 4.69) is 5.32 Å². The SMILES string of the molecule is Nc1cccc(C2NCCc3c(F)cccc32)c1. The average molecular weight is 242 g/mol. The number of nitrogen functional groups attached to an aromatic ring is 1. The summed E-state index contributed by atoms with van der Waals surface area (Å²) in [6.07, 6.45) is 0.737. The maximum absolute atomic E-state index is 13.8. The number of anilines is 1. The molecule has 1 aliphatic rings. The minimum absolute atomic E-state index is 0.0351. The van der Waals surface area contributed by atoms with E-state index in [1.165, 1.54) is 6.07 Å². The van der Waals surface area contributed by atoms with E-state index in [1.54, 1.807) is 6.07 Å². The minimum Gasteiger partial charge on any atom is -0.399 e. The highest BCUT2D eigenvalue weighted by molar-refractivity contribution is 5.46. The summed E-state index contributed by atoms with van der Waals surface area (Å²) >= 11 is 0. The first-order valence-corrected chi connectivity index (χ1v) is 6.12. The van der Waals surface area contributed by atoms with E-state index in [-0.39, 0.29) is 11.9 Å². The summed E-state index contributed by atoms with van der Waals surface area (Å²) in [4.78, 5) is 0. The van der Waals surface area contributed by atoms with Gasteiger partial charge in [-0.2, -0.15) is 0 Å². The second kappa shape index (κ2) is 4.42. The van der Waals surface area contributed by atoms with Crippen LogP contribution in [-0.2, 0) is 6.42 Å². The van der Waals surface area contributed by atoms with E-state index in [4.69, 9.17) is 5.73 Å². The molecule has 1 heterocycles. The van der Waals surface area contributed by atoms with E-state index >= 15 is 0 Å². The summed E-state index contributed by atoms with van der Waals surface area (Å²) in [6.45, 7) is 0.785. The first-order valence-electron chi connectivity index (χ1n) is 6.12. The molecule has 0 saturated carbocycles. The lowest BCUT2D eigenvalue weighted by Gasteiger charge is -2.27. The fourth-order valence-corrected chi connectivity index (χ4v) is 2.60. The van der Waals surface area contributed by atoms with E-state index in [9.17, 15) is 4.39 Å². The predicted molar refractivity (Wildman–Crippen MR) is 70.8 cm³/mol. The summed E-state index contributed by atoms with van der Waals surface area (Å²) in [5.41, 5.74) is 9.48. The summed E-state index contributed by atoms with van der Waals surface area (Å²) in [7, 11) is 0. The number of nitrogens with two attached hydrogens (primary N) is 1. The number of rotatable bonds is 1. The van der Waals surface area contributed by atoms with Gasteiger partial charge in [-0.1, -0.05) is 24.3 Å². The molecule has 0 fully saturated rings. The summed E-state index contributed by atoms with van der Waals surface area (Å²) in [5, 5.41) is 3.42. The number of hydrogen-bond acceptors (Lipinski definition) is 2. The van der Waals surface area contributed by atoms with Crippen molar-refractivity contribution in [1.29, 1.82) is 0 Å². The molecule has 18 heavy (non-hydrogen) atoms. The molecule has 0 spiro atoms. The lowest BCUT2D eigenvalue weighted by atomic mass is 9.89. The highest BCUT2D eigenvalue weighted by Crippen LogP contribution is 2.30. The molecular formula is C15H15FN2. The van der Waals surface area contributed by atoms with Gasteiger partial charge in [0.25, 0.3) is 0 Å². The van der Waals surface area contributed by atoms with Crippen molar-refractivity contribution < 1.29 is 4.39 Å². The van der Waals surface area contributed by atoms with E-state index in [1.807, 2.05) is 30.3 Å². The summed E-state index contributed by atoms with van der Waals surface area (Å²) < 4.78 is 13.8. The Hall–Kier alpha value is -1.87. The maximum Gasteiger partial charge on any atom is 0.126 e. The van der Waals surface area contributed by atoms with Gasteiger partial charge >= 0.3 is 0 Å². The van der Waals surface area contributed by atoms with Crippen LogP contribution in [0.1, 0.15) is 22.7 Å². The zero-order chi connectivity index (χ0) is 12.5. The number of benzene rings is 2. The lowest BCUT2D eigenvalue weighted by Crippen LogP contribution is -2.31. The topological polar surface area (TPSA) is 38.0 Å². The second-order valence-electron chi connectivity index (χ2n) is 4.61. The van der Waals surface area contributed by atoms with Gasteiger partial charge in [0.1, 0.15) is 5.82 Å². The Bertz CT molecular complexity index is 580. The molecule has 3 heteroatoms. The Morgan fingerprint density at radius 2 is 2.00 bits per heavy atom. The molecule has 1 atom stereocenters. The van der Waals surface area contributed by atoms with Gasteiger partial charge in [-0.15, -0.1) is 0 Å². The van der Waals surface area contributed by atoms with Crippen molar-refractivity contribution in [1.82, 2.24) is 5.32 Å². The Labute approximate surface area is 106 Å². The molecule has 2 nitrogen and oxygen atoms in total. The molecule has 0 aliphatic carbocycles. The molecule has 92 valence electrons. The van der Waals surface area contributed by atoms with Crippen molar-refractivity contribution in [3.05, 3.63) is 65.0 Å². The van der Waals surface area contributed by atoms with Crippen LogP contribution in [0.3, 0.4) is 0 Å². The molecule has 2 aromatic carbocycles. The van der Waals surface area contributed by atoms with Crippen molar-refractivity contribution in [3.63, 3.8) is 0 Å². The van der Waals surface area contributed by atoms with Gasteiger partial charge < -0.3 is 11.1 Å². The fraction of sp³-hybridized carbons (Fsp3) is 0.200. The van der Waals surface area contributed by atoms with E-state index in [0.717, 1.165) is 35.3 Å². The Morgan fingerprint density at radius 1 is 1.17 bits per heavy atom. The molecule has 0 amide bonds. The third-order valence-electron chi connectivity index (χ3n) is 3.43. The van der Waals surface area contributed by atoms with Crippen molar-refractivity contribution in [2.24, 2.45) is 0 Å². The maximum atomic E-state index is 13.8. The Kier molecular flexibility index (Phi) is 2.76. The molecule has 1 aliphatic heterocycles. The van der Waals surface area contributed by atoms with Crippen LogP contribution in [0.5, 0.6) is 0 Å². The Balaban J connectivity index is 2.09. The molecule has 0 aromatic heterocycles. The number of fused-ring (bicyclic) bond motifs is 1. The van der Waals surface area contributed by atoms with Gasteiger partial charge in [-0.05, 0) is 41.3 Å². The average Bonchev–Trinajstić information content (AvgIpc) is 2.39. The molecule has 0 bridgehead atoms. The number of halogens is 1. The molecular weight excluding hydrogens is 227 g/mol. The summed E-state index contributed by atoms with van der Waals surface area (Å²) in [5.74, 6) is -0.108. The van der Waals surface area contributed by atoms with Gasteiger partial charge in [0.15, 0.2) is 0 Å². The fourth-order valence-electron chi connectivity index (χ4n) is 2.60. The molecule has 1 unspecified atom stereocenters. The van der Waals surface area contributed by atoms with Crippen LogP contribution in [0.25, 0.3) is 0 Å². The molecule has 2 aromatic rings. The first-order chi connectivity index (χ1) is 8.75.